The number of esters is 1. The van der Waals surface area contributed by atoms with E-state index in [-0.39, 0.29) is 5.97 Å². The van der Waals surface area contributed by atoms with Gasteiger partial charge < -0.3 is 9.47 Å². The van der Waals surface area contributed by atoms with Gasteiger partial charge in [-0.05, 0) is 53.6 Å². The van der Waals surface area contributed by atoms with Crippen LogP contribution >= 0.6 is 22.7 Å². The molecule has 3 aromatic rings. The normalized spacial score (nSPS) is 10.5. The van der Waals surface area contributed by atoms with Crippen LogP contribution in [-0.4, -0.2) is 24.2 Å². The van der Waals surface area contributed by atoms with Crippen molar-refractivity contribution >= 4 is 28.6 Å². The van der Waals surface area contributed by atoms with Crippen molar-refractivity contribution in [2.45, 2.75) is 13.3 Å². The quantitative estimate of drug-likeness (QED) is 0.575. The predicted molar refractivity (Wildman–Crippen MR) is 97.0 cm³/mol. The summed E-state index contributed by atoms with van der Waals surface area (Å²) in [5, 5.41) is 6.60. The SMILES string of the molecule is CCOc1ccc(-c2nc(C(=O)OCCc3ccsc3)cs2)cc1. The number of thiophene rings is 1. The molecule has 2 aromatic heterocycles. The van der Waals surface area contributed by atoms with Crippen molar-refractivity contribution < 1.29 is 14.3 Å². The molecule has 124 valence electrons. The summed E-state index contributed by atoms with van der Waals surface area (Å²) in [6.07, 6.45) is 0.727. The lowest BCUT2D eigenvalue weighted by molar-refractivity contribution is 0.0503. The van der Waals surface area contributed by atoms with E-state index in [4.69, 9.17) is 9.47 Å². The van der Waals surface area contributed by atoms with Crippen LogP contribution in [0.3, 0.4) is 0 Å². The number of rotatable bonds is 7. The second-order valence-corrected chi connectivity index (χ2v) is 6.65. The largest absolute Gasteiger partial charge is 0.494 e. The Morgan fingerprint density at radius 3 is 2.71 bits per heavy atom. The standard InChI is InChI=1S/C18H17NO3S2/c1-2-21-15-5-3-14(4-6-15)17-19-16(12-24-17)18(20)22-9-7-13-8-10-23-11-13/h3-6,8,10-12H,2,7,9H2,1H3. The van der Waals surface area contributed by atoms with Gasteiger partial charge in [0, 0.05) is 17.4 Å². The van der Waals surface area contributed by atoms with Crippen LogP contribution < -0.4 is 4.74 Å². The number of ether oxygens (including phenoxy) is 2. The van der Waals surface area contributed by atoms with Gasteiger partial charge in [-0.3, -0.25) is 0 Å². The number of nitrogens with zero attached hydrogens (tertiary/aromatic N) is 1. The van der Waals surface area contributed by atoms with Gasteiger partial charge in [-0.2, -0.15) is 11.3 Å². The Morgan fingerprint density at radius 2 is 2.00 bits per heavy atom. The molecule has 4 nitrogen and oxygen atoms in total. The van der Waals surface area contributed by atoms with Gasteiger partial charge in [-0.1, -0.05) is 0 Å². The predicted octanol–water partition coefficient (Wildman–Crippen LogP) is 4.67. The fraction of sp³-hybridized carbons (Fsp3) is 0.222. The molecule has 0 fully saturated rings. The van der Waals surface area contributed by atoms with E-state index in [1.807, 2.05) is 42.6 Å². The highest BCUT2D eigenvalue weighted by Crippen LogP contribution is 2.26. The van der Waals surface area contributed by atoms with Crippen LogP contribution in [0.4, 0.5) is 0 Å². The molecule has 0 aliphatic carbocycles. The van der Waals surface area contributed by atoms with E-state index in [1.165, 1.54) is 16.9 Å². The summed E-state index contributed by atoms with van der Waals surface area (Å²) in [6, 6.07) is 9.72. The van der Waals surface area contributed by atoms with E-state index in [1.54, 1.807) is 16.7 Å². The average molecular weight is 359 g/mol. The zero-order valence-electron chi connectivity index (χ0n) is 13.2. The summed E-state index contributed by atoms with van der Waals surface area (Å²) in [5.41, 5.74) is 2.50. The molecule has 0 bridgehead atoms. The topological polar surface area (TPSA) is 48.4 Å². The van der Waals surface area contributed by atoms with Crippen molar-refractivity contribution in [3.05, 3.63) is 57.7 Å². The Kier molecular flexibility index (Phi) is 5.61. The molecule has 2 heterocycles. The number of benzene rings is 1. The second kappa shape index (κ2) is 8.08. The molecule has 0 aliphatic rings. The number of aromatic nitrogens is 1. The summed E-state index contributed by atoms with van der Waals surface area (Å²) in [4.78, 5) is 16.4. The molecule has 24 heavy (non-hydrogen) atoms. The third kappa shape index (κ3) is 4.21. The van der Waals surface area contributed by atoms with Crippen LogP contribution in [0.2, 0.25) is 0 Å². The Balaban J connectivity index is 1.58. The number of carbonyl (C=O) groups is 1. The molecule has 0 radical (unpaired) electrons. The first-order chi connectivity index (χ1) is 11.8. The van der Waals surface area contributed by atoms with Gasteiger partial charge in [-0.15, -0.1) is 11.3 Å². The molecule has 6 heteroatoms. The zero-order valence-corrected chi connectivity index (χ0v) is 14.9. The van der Waals surface area contributed by atoms with Gasteiger partial charge in [0.15, 0.2) is 5.69 Å². The van der Waals surface area contributed by atoms with E-state index < -0.39 is 0 Å². The highest BCUT2D eigenvalue weighted by Gasteiger charge is 2.13. The van der Waals surface area contributed by atoms with Gasteiger partial charge in [0.1, 0.15) is 10.8 Å². The van der Waals surface area contributed by atoms with Gasteiger partial charge in [0.05, 0.1) is 13.2 Å². The van der Waals surface area contributed by atoms with Gasteiger partial charge in [0.2, 0.25) is 0 Å². The number of carbonyl (C=O) groups excluding carboxylic acids is 1. The summed E-state index contributed by atoms with van der Waals surface area (Å²) in [5.74, 6) is 0.449. The molecular weight excluding hydrogens is 342 g/mol. The van der Waals surface area contributed by atoms with Crippen molar-refractivity contribution in [2.75, 3.05) is 13.2 Å². The van der Waals surface area contributed by atoms with E-state index in [9.17, 15) is 4.79 Å². The van der Waals surface area contributed by atoms with E-state index in [0.29, 0.717) is 18.9 Å². The average Bonchev–Trinajstić information content (AvgIpc) is 3.27. The van der Waals surface area contributed by atoms with Crippen LogP contribution in [0.1, 0.15) is 23.0 Å². The zero-order chi connectivity index (χ0) is 16.8. The smallest absolute Gasteiger partial charge is 0.357 e. The molecule has 0 unspecified atom stereocenters. The summed E-state index contributed by atoms with van der Waals surface area (Å²) in [6.45, 7) is 2.95. The minimum atomic E-state index is -0.376. The number of hydrogen-bond donors (Lipinski definition) is 0. The van der Waals surface area contributed by atoms with Gasteiger partial charge in [-0.25, -0.2) is 9.78 Å². The second-order valence-electron chi connectivity index (χ2n) is 5.01. The highest BCUT2D eigenvalue weighted by molar-refractivity contribution is 7.13. The molecule has 0 spiro atoms. The molecule has 0 saturated heterocycles. The van der Waals surface area contributed by atoms with Crippen LogP contribution in [0.15, 0.2) is 46.5 Å². The van der Waals surface area contributed by atoms with Crippen molar-refractivity contribution in [3.8, 4) is 16.3 Å². The first-order valence-electron chi connectivity index (χ1n) is 7.63. The lowest BCUT2D eigenvalue weighted by Crippen LogP contribution is -2.08. The van der Waals surface area contributed by atoms with Crippen LogP contribution in [0, 0.1) is 0 Å². The van der Waals surface area contributed by atoms with Crippen LogP contribution in [0.5, 0.6) is 5.75 Å². The van der Waals surface area contributed by atoms with E-state index in [2.05, 4.69) is 10.4 Å². The maximum Gasteiger partial charge on any atom is 0.357 e. The molecule has 3 rings (SSSR count). The number of thiazole rings is 1. The summed E-state index contributed by atoms with van der Waals surface area (Å²) >= 11 is 3.07. The van der Waals surface area contributed by atoms with Crippen molar-refractivity contribution in [1.82, 2.24) is 4.98 Å². The lowest BCUT2D eigenvalue weighted by atomic mass is 10.2. The highest BCUT2D eigenvalue weighted by atomic mass is 32.1. The van der Waals surface area contributed by atoms with Crippen LogP contribution in [0.25, 0.3) is 10.6 Å². The van der Waals surface area contributed by atoms with Crippen molar-refractivity contribution in [1.29, 1.82) is 0 Å². The molecular formula is C18H17NO3S2. The van der Waals surface area contributed by atoms with Gasteiger partial charge >= 0.3 is 5.97 Å². The maximum absolute atomic E-state index is 12.1. The molecule has 0 atom stereocenters. The lowest BCUT2D eigenvalue weighted by Gasteiger charge is -2.03. The first kappa shape index (κ1) is 16.7. The van der Waals surface area contributed by atoms with E-state index >= 15 is 0 Å². The Bertz CT molecular complexity index is 779. The van der Waals surface area contributed by atoms with Gasteiger partial charge in [0.25, 0.3) is 0 Å². The van der Waals surface area contributed by atoms with Crippen LogP contribution in [-0.2, 0) is 11.2 Å². The fourth-order valence-corrected chi connectivity index (χ4v) is 3.63. The minimum Gasteiger partial charge on any atom is -0.494 e. The summed E-state index contributed by atoms with van der Waals surface area (Å²) in [7, 11) is 0. The Morgan fingerprint density at radius 1 is 1.17 bits per heavy atom. The van der Waals surface area contributed by atoms with E-state index in [0.717, 1.165) is 22.7 Å². The van der Waals surface area contributed by atoms with Crippen molar-refractivity contribution in [2.24, 2.45) is 0 Å². The number of hydrogen-bond acceptors (Lipinski definition) is 6. The first-order valence-corrected chi connectivity index (χ1v) is 9.45. The molecule has 1 aromatic carbocycles. The monoisotopic (exact) mass is 359 g/mol. The van der Waals surface area contributed by atoms with Crippen molar-refractivity contribution in [3.63, 3.8) is 0 Å². The fourth-order valence-electron chi connectivity index (χ4n) is 2.13. The molecule has 0 aliphatic heterocycles. The molecule has 0 amide bonds. The molecule has 0 saturated carbocycles. The minimum absolute atomic E-state index is 0.356. The Labute approximate surface area is 148 Å². The summed E-state index contributed by atoms with van der Waals surface area (Å²) < 4.78 is 10.7. The third-order valence-corrected chi connectivity index (χ3v) is 4.95. The molecule has 0 N–H and O–H groups in total. The Hall–Kier alpha value is -2.18. The third-order valence-electron chi connectivity index (χ3n) is 3.33. The maximum atomic E-state index is 12.1.